The van der Waals surface area contributed by atoms with Gasteiger partial charge in [0.05, 0.1) is 117 Å². The number of carbonyl (C=O) groups excluding carboxylic acids is 9. The molecule has 0 aliphatic heterocycles. The minimum Gasteiger partial charge on any atom is -0.491 e. The molecule has 7 heterocycles. The molecule has 0 atom stereocenters. The van der Waals surface area contributed by atoms with Crippen molar-refractivity contribution in [3.05, 3.63) is 137 Å². The summed E-state index contributed by atoms with van der Waals surface area (Å²) >= 11 is 0. The molecule has 0 saturated heterocycles. The Morgan fingerprint density at radius 2 is 0.813 bits per heavy atom. The van der Waals surface area contributed by atoms with Crippen LogP contribution in [0.2, 0.25) is 0 Å². The number of nitrogens with one attached hydrogen (secondary N) is 10. The van der Waals surface area contributed by atoms with E-state index in [0.29, 0.717) is 134 Å². The number of H-pyrrole nitrogens is 1. The van der Waals surface area contributed by atoms with Crippen molar-refractivity contribution in [1.29, 1.82) is 0 Å². The van der Waals surface area contributed by atoms with E-state index in [9.17, 15) is 47.9 Å². The van der Waals surface area contributed by atoms with Crippen molar-refractivity contribution in [2.24, 2.45) is 42.3 Å². The number of imidazole rings is 3. The van der Waals surface area contributed by atoms with Crippen molar-refractivity contribution in [1.82, 2.24) is 68.6 Å². The molecule has 7 aromatic heterocycles. The number of carbonyl (C=O) groups is 9. The molecule has 38 nitrogen and oxygen atoms in total. The Bertz CT molecular complexity index is 4340. The lowest BCUT2D eigenvalue weighted by molar-refractivity contribution is -0.121. The number of hydrogen-bond acceptors (Lipinski definition) is 22. The van der Waals surface area contributed by atoms with Crippen LogP contribution in [0.1, 0.15) is 82.6 Å². The molecule has 8 aromatic rings. The van der Waals surface area contributed by atoms with Gasteiger partial charge in [-0.25, -0.2) is 15.0 Å². The van der Waals surface area contributed by atoms with Gasteiger partial charge in [0.15, 0.2) is 17.5 Å². The minimum atomic E-state index is -0.640. The Kier molecular flexibility index (Phi) is 32.3. The molecular formula is C69H91N19O19. The molecule has 10 N–H and O–H groups in total. The highest BCUT2D eigenvalue weighted by Crippen LogP contribution is 2.20. The van der Waals surface area contributed by atoms with Gasteiger partial charge in [0.2, 0.25) is 29.4 Å². The maximum atomic E-state index is 13.3. The van der Waals surface area contributed by atoms with Crippen LogP contribution < -0.4 is 58.1 Å². The van der Waals surface area contributed by atoms with Crippen molar-refractivity contribution in [2.45, 2.75) is 19.3 Å². The average molecular weight is 1490 g/mol. The number of aromatic amines is 1. The number of fused-ring (bicyclic) bond motifs is 1. The first-order chi connectivity index (χ1) is 51.7. The quantitative estimate of drug-likeness (QED) is 0.0241. The molecule has 1 aromatic carbocycles. The van der Waals surface area contributed by atoms with Crippen molar-refractivity contribution in [2.75, 3.05) is 165 Å². The van der Waals surface area contributed by atoms with Gasteiger partial charge in [0, 0.05) is 142 Å². The van der Waals surface area contributed by atoms with Crippen LogP contribution >= 0.6 is 0 Å². The molecule has 8 rings (SSSR count). The number of aromatic nitrogens is 10. The molecule has 0 spiro atoms. The third-order valence-corrected chi connectivity index (χ3v) is 15.5. The number of hydrogen-bond donors (Lipinski definition) is 10. The highest BCUT2D eigenvalue weighted by molar-refractivity contribution is 6.07. The first-order valence-electron chi connectivity index (χ1n) is 34.2. The Morgan fingerprint density at radius 1 is 0.383 bits per heavy atom. The van der Waals surface area contributed by atoms with Gasteiger partial charge >= 0.3 is 0 Å². The standard InChI is InChI=1S/C69H91N19O19/c1-83-21-18-71-60(83)67(96)76-48-40-52(85(3)42-48)64(93)72-17-13-58(91)80-55-45-88(6)62(82-55)68(97)77-49-41-53(86(4)43-49)65(94)73-16-12-57(90)79-54-44-87(5)61(81-54)66(95)74-15-11-56(89)70-19-22-99-23-24-100-25-26-101-27-28-102-29-30-103-31-32-104-33-34-105-35-36-106-37-38-107-50-9-7-47(8-10-50)75-63(92)51-39-46-14-20-84(2)69(98)59(46)78-51/h7-10,14,18,20-21,39-45,78H,11-13,15-17,19,22-38H2,1-6H3,(H,70,89)(H,72,93)(H,73,94)(H,74,95)(H,75,92)(H,76,96)(H,77,97)(H,79,90)(H,80,91). The van der Waals surface area contributed by atoms with E-state index in [1.54, 1.807) is 102 Å². The van der Waals surface area contributed by atoms with E-state index in [-0.39, 0.29) is 121 Å². The summed E-state index contributed by atoms with van der Waals surface area (Å²) in [5, 5.41) is 24.8. The van der Waals surface area contributed by atoms with Crippen molar-refractivity contribution in [3.8, 4) is 5.75 Å². The van der Waals surface area contributed by atoms with Crippen molar-refractivity contribution < 1.29 is 85.8 Å². The maximum absolute atomic E-state index is 13.3. The lowest BCUT2D eigenvalue weighted by Crippen LogP contribution is -2.33. The lowest BCUT2D eigenvalue weighted by atomic mass is 10.2. The van der Waals surface area contributed by atoms with E-state index >= 15 is 0 Å². The topological polar surface area (TPSA) is 446 Å². The number of anilines is 5. The minimum absolute atomic E-state index is 0.00530. The summed E-state index contributed by atoms with van der Waals surface area (Å²) in [6.45, 7) is 6.68. The number of nitrogens with zero attached hydrogens (tertiary/aromatic N) is 9. The second-order valence-electron chi connectivity index (χ2n) is 23.8. The van der Waals surface area contributed by atoms with Crippen LogP contribution in [0.15, 0.2) is 96.7 Å². The fourth-order valence-corrected chi connectivity index (χ4v) is 10.1. The molecule has 9 amide bonds. The lowest BCUT2D eigenvalue weighted by Gasteiger charge is -2.09. The maximum Gasteiger partial charge on any atom is 0.291 e. The fraction of sp³-hybridized carbons (Fsp3) is 0.435. The molecule has 38 heteroatoms. The Labute approximate surface area is 614 Å². The van der Waals surface area contributed by atoms with Crippen LogP contribution in [0.5, 0.6) is 5.75 Å². The van der Waals surface area contributed by atoms with Crippen LogP contribution in [0.25, 0.3) is 10.9 Å². The second-order valence-corrected chi connectivity index (χ2v) is 23.8. The van der Waals surface area contributed by atoms with Gasteiger partial charge < -0.3 is 123 Å². The monoisotopic (exact) mass is 1490 g/mol. The largest absolute Gasteiger partial charge is 0.491 e. The average Bonchev–Trinajstić information content (AvgIpc) is 1.65. The van der Waals surface area contributed by atoms with Crippen LogP contribution in [0.3, 0.4) is 0 Å². The van der Waals surface area contributed by atoms with Gasteiger partial charge in [-0.3, -0.25) is 47.9 Å². The summed E-state index contributed by atoms with van der Waals surface area (Å²) in [6, 6.07) is 13.3. The molecule has 0 radical (unpaired) electrons. The number of rotatable bonds is 48. The summed E-state index contributed by atoms with van der Waals surface area (Å²) in [6.07, 6.45) is 10.5. The summed E-state index contributed by atoms with van der Waals surface area (Å²) in [7, 11) is 9.68. The third kappa shape index (κ3) is 26.6. The molecule has 0 unspecified atom stereocenters. The van der Waals surface area contributed by atoms with Crippen LogP contribution in [-0.2, 0) is 94.6 Å². The first kappa shape index (κ1) is 81.3. The summed E-state index contributed by atoms with van der Waals surface area (Å²) in [5.41, 5.74) is 2.08. The van der Waals surface area contributed by atoms with E-state index in [1.807, 2.05) is 0 Å². The third-order valence-electron chi connectivity index (χ3n) is 15.5. The molecule has 0 bridgehead atoms. The highest BCUT2D eigenvalue weighted by Gasteiger charge is 2.22. The zero-order valence-corrected chi connectivity index (χ0v) is 60.4. The van der Waals surface area contributed by atoms with Crippen molar-refractivity contribution in [3.63, 3.8) is 0 Å². The fourth-order valence-electron chi connectivity index (χ4n) is 10.1. The predicted molar refractivity (Wildman–Crippen MR) is 387 cm³/mol. The number of ether oxygens (including phenoxy) is 9. The predicted octanol–water partition coefficient (Wildman–Crippen LogP) is 1.47. The number of amides is 9. The van der Waals surface area contributed by atoms with Gasteiger partial charge in [-0.05, 0) is 48.5 Å². The van der Waals surface area contributed by atoms with E-state index in [4.69, 9.17) is 42.6 Å². The Hall–Kier alpha value is -11.4. The normalized spacial score (nSPS) is 11.2. The van der Waals surface area contributed by atoms with Gasteiger partial charge in [-0.1, -0.05) is 0 Å². The van der Waals surface area contributed by atoms with E-state index in [1.165, 1.54) is 59.8 Å². The number of aryl methyl sites for hydroxylation is 6. The molecule has 0 aliphatic carbocycles. The van der Waals surface area contributed by atoms with Crippen molar-refractivity contribution >= 4 is 92.8 Å². The molecule has 0 aliphatic rings. The smallest absolute Gasteiger partial charge is 0.291 e. The Morgan fingerprint density at radius 3 is 1.29 bits per heavy atom. The molecule has 107 heavy (non-hydrogen) atoms. The van der Waals surface area contributed by atoms with Crippen LogP contribution in [-0.4, -0.2) is 239 Å². The number of pyridine rings is 1. The number of benzene rings is 1. The zero-order valence-electron chi connectivity index (χ0n) is 60.4. The van der Waals surface area contributed by atoms with Gasteiger partial charge in [0.25, 0.3) is 41.0 Å². The summed E-state index contributed by atoms with van der Waals surface area (Å²) in [4.78, 5) is 143. The molecular weight excluding hydrogens is 1400 g/mol. The van der Waals surface area contributed by atoms with Crippen LogP contribution in [0.4, 0.5) is 28.7 Å². The van der Waals surface area contributed by atoms with E-state index in [2.05, 4.69) is 67.8 Å². The van der Waals surface area contributed by atoms with Gasteiger partial charge in [-0.15, -0.1) is 0 Å². The van der Waals surface area contributed by atoms with E-state index in [0.717, 1.165) is 0 Å². The van der Waals surface area contributed by atoms with Gasteiger partial charge in [-0.2, -0.15) is 0 Å². The molecule has 0 saturated carbocycles. The summed E-state index contributed by atoms with van der Waals surface area (Å²) < 4.78 is 58.8. The zero-order chi connectivity index (χ0) is 76.5. The molecule has 0 fully saturated rings. The second kappa shape index (κ2) is 42.5. The van der Waals surface area contributed by atoms with Gasteiger partial charge in [0.1, 0.15) is 35.0 Å². The van der Waals surface area contributed by atoms with Crippen LogP contribution in [0, 0.1) is 0 Å². The SMILES string of the molecule is Cn1cc(NC(=O)c2nc(NC(=O)CCNC(=O)c3cc(NC(=O)c4nccn4C)cn3C)cn2C)cc1C(=O)NCCC(=O)Nc1cn(C)c(C(=O)NCCC(=O)NCCOCCOCCOCCOCCOCCOCCOCCOCCOc2ccc(NC(=O)c3cc4ccn(C)c(=O)c4[nH]3)cc2)n1. The molecule has 576 valence electrons. The summed E-state index contributed by atoms with van der Waals surface area (Å²) in [5.74, 6) is -3.39. The highest BCUT2D eigenvalue weighted by atomic mass is 16.6. The first-order valence-corrected chi connectivity index (χ1v) is 34.2. The van der Waals surface area contributed by atoms with E-state index < -0.39 is 41.4 Å². The Balaban J connectivity index is 0.550.